The Balaban J connectivity index is 2.43. The molecule has 1 heterocycles. The molecule has 0 amide bonds. The monoisotopic (exact) mass is 264 g/mol. The van der Waals surface area contributed by atoms with E-state index in [1.165, 1.54) is 0 Å². The van der Waals surface area contributed by atoms with Gasteiger partial charge in [0, 0.05) is 11.4 Å². The van der Waals surface area contributed by atoms with Crippen molar-refractivity contribution in [3.05, 3.63) is 35.0 Å². The summed E-state index contributed by atoms with van der Waals surface area (Å²) < 4.78 is 5.35. The number of halogens is 1. The molecule has 1 aromatic carbocycles. The van der Waals surface area contributed by atoms with Gasteiger partial charge >= 0.3 is 0 Å². The fraction of sp³-hybridized carbons (Fsp3) is 0.357. The molecule has 2 rings (SSSR count). The van der Waals surface area contributed by atoms with Crippen LogP contribution in [0.3, 0.4) is 0 Å². The van der Waals surface area contributed by atoms with Crippen LogP contribution >= 0.6 is 11.6 Å². The van der Waals surface area contributed by atoms with E-state index in [1.54, 1.807) is 0 Å². The number of hydrogen-bond donors (Lipinski definition) is 1. The lowest BCUT2D eigenvalue weighted by Gasteiger charge is -2.16. The first-order chi connectivity index (χ1) is 8.37. The molecule has 0 radical (unpaired) electrons. The third-order valence-corrected chi connectivity index (χ3v) is 2.86. The van der Waals surface area contributed by atoms with Gasteiger partial charge < -0.3 is 10.3 Å². The maximum atomic E-state index is 5.89. The molecule has 0 atom stereocenters. The van der Waals surface area contributed by atoms with E-state index in [9.17, 15) is 0 Å². The van der Waals surface area contributed by atoms with Gasteiger partial charge in [-0.05, 0) is 23.1 Å². The van der Waals surface area contributed by atoms with Gasteiger partial charge in [0.1, 0.15) is 5.76 Å². The Kier molecular flexibility index (Phi) is 3.35. The molecular formula is C14H17ClN2O. The highest BCUT2D eigenvalue weighted by molar-refractivity contribution is 6.30. The van der Waals surface area contributed by atoms with Gasteiger partial charge in [-0.1, -0.05) is 49.7 Å². The van der Waals surface area contributed by atoms with Crippen LogP contribution in [0.1, 0.15) is 26.5 Å². The molecule has 0 bridgehead atoms. The highest BCUT2D eigenvalue weighted by Crippen LogP contribution is 2.34. The fourth-order valence-corrected chi connectivity index (χ4v) is 1.99. The second-order valence-corrected chi connectivity index (χ2v) is 6.05. The van der Waals surface area contributed by atoms with E-state index in [-0.39, 0.29) is 5.41 Å². The smallest absolute Gasteiger partial charge is 0.175 e. The van der Waals surface area contributed by atoms with E-state index in [1.807, 2.05) is 24.3 Å². The lowest BCUT2D eigenvalue weighted by molar-refractivity contribution is 0.322. The van der Waals surface area contributed by atoms with Gasteiger partial charge in [-0.2, -0.15) is 0 Å². The van der Waals surface area contributed by atoms with Crippen LogP contribution in [0.2, 0.25) is 5.02 Å². The van der Waals surface area contributed by atoms with Crippen LogP contribution in [0, 0.1) is 5.41 Å². The second kappa shape index (κ2) is 4.65. The molecule has 4 heteroatoms. The summed E-state index contributed by atoms with van der Waals surface area (Å²) in [4.78, 5) is 0. The van der Waals surface area contributed by atoms with Crippen molar-refractivity contribution in [2.45, 2.75) is 27.2 Å². The van der Waals surface area contributed by atoms with Crippen LogP contribution in [0.5, 0.6) is 0 Å². The van der Waals surface area contributed by atoms with E-state index in [2.05, 4.69) is 25.9 Å². The molecule has 96 valence electrons. The minimum absolute atomic E-state index is 0.118. The molecule has 3 nitrogen and oxygen atoms in total. The van der Waals surface area contributed by atoms with Crippen molar-refractivity contribution in [1.82, 2.24) is 5.16 Å². The predicted octanol–water partition coefficient (Wildman–Crippen LogP) is 4.17. The molecule has 1 aromatic heterocycles. The van der Waals surface area contributed by atoms with Gasteiger partial charge in [0.05, 0.1) is 5.56 Å². The van der Waals surface area contributed by atoms with Crippen molar-refractivity contribution in [2.75, 3.05) is 5.73 Å². The summed E-state index contributed by atoms with van der Waals surface area (Å²) in [5.41, 5.74) is 7.87. The summed E-state index contributed by atoms with van der Waals surface area (Å²) in [6, 6.07) is 7.53. The van der Waals surface area contributed by atoms with Gasteiger partial charge in [-0.3, -0.25) is 0 Å². The number of hydrogen-bond acceptors (Lipinski definition) is 3. The molecule has 0 saturated carbocycles. The molecular weight excluding hydrogens is 248 g/mol. The third-order valence-electron chi connectivity index (χ3n) is 2.61. The van der Waals surface area contributed by atoms with E-state index in [0.29, 0.717) is 10.8 Å². The van der Waals surface area contributed by atoms with Crippen molar-refractivity contribution in [3.8, 4) is 11.1 Å². The largest absolute Gasteiger partial charge is 0.380 e. The van der Waals surface area contributed by atoms with E-state index in [0.717, 1.165) is 23.3 Å². The molecule has 18 heavy (non-hydrogen) atoms. The van der Waals surface area contributed by atoms with Gasteiger partial charge in [-0.15, -0.1) is 0 Å². The molecule has 0 aliphatic carbocycles. The second-order valence-electron chi connectivity index (χ2n) is 5.61. The number of rotatable bonds is 2. The first-order valence-electron chi connectivity index (χ1n) is 5.87. The molecule has 0 fully saturated rings. The van der Waals surface area contributed by atoms with Crippen molar-refractivity contribution < 1.29 is 4.52 Å². The van der Waals surface area contributed by atoms with E-state index in [4.69, 9.17) is 21.9 Å². The Morgan fingerprint density at radius 3 is 2.39 bits per heavy atom. The Morgan fingerprint density at radius 2 is 1.83 bits per heavy atom. The zero-order chi connectivity index (χ0) is 13.3. The molecule has 2 aromatic rings. The maximum absolute atomic E-state index is 5.89. The Labute approximate surface area is 112 Å². The minimum Gasteiger partial charge on any atom is -0.380 e. The summed E-state index contributed by atoms with van der Waals surface area (Å²) in [5.74, 6) is 1.25. The quantitative estimate of drug-likeness (QED) is 0.886. The zero-order valence-electron chi connectivity index (χ0n) is 10.8. The van der Waals surface area contributed by atoms with Gasteiger partial charge in [0.25, 0.3) is 0 Å². The molecule has 2 N–H and O–H groups in total. The average Bonchev–Trinajstić information content (AvgIpc) is 2.59. The van der Waals surface area contributed by atoms with E-state index < -0.39 is 0 Å². The van der Waals surface area contributed by atoms with Gasteiger partial charge in [0.2, 0.25) is 0 Å². The highest BCUT2D eigenvalue weighted by atomic mass is 35.5. The number of nitrogens with two attached hydrogens (primary N) is 1. The summed E-state index contributed by atoms with van der Waals surface area (Å²) in [6.07, 6.45) is 0.787. The van der Waals surface area contributed by atoms with E-state index >= 15 is 0 Å². The maximum Gasteiger partial charge on any atom is 0.175 e. The summed E-state index contributed by atoms with van der Waals surface area (Å²) >= 11 is 5.89. The number of benzene rings is 1. The molecule has 0 saturated heterocycles. The first-order valence-corrected chi connectivity index (χ1v) is 6.24. The molecule has 0 spiro atoms. The molecule has 0 unspecified atom stereocenters. The zero-order valence-corrected chi connectivity index (χ0v) is 11.6. The topological polar surface area (TPSA) is 52.0 Å². The number of nitrogens with zero attached hydrogens (tertiary/aromatic N) is 1. The van der Waals surface area contributed by atoms with Crippen molar-refractivity contribution in [3.63, 3.8) is 0 Å². The van der Waals surface area contributed by atoms with Crippen LogP contribution in [0.15, 0.2) is 28.8 Å². The predicted molar refractivity (Wildman–Crippen MR) is 74.5 cm³/mol. The molecule has 0 aliphatic rings. The van der Waals surface area contributed by atoms with Crippen LogP contribution in [0.25, 0.3) is 11.1 Å². The van der Waals surface area contributed by atoms with Gasteiger partial charge in [0.15, 0.2) is 5.82 Å². The van der Waals surface area contributed by atoms with Crippen LogP contribution in [-0.2, 0) is 6.42 Å². The summed E-state index contributed by atoms with van der Waals surface area (Å²) in [7, 11) is 0. The normalized spacial score (nSPS) is 11.8. The van der Waals surface area contributed by atoms with Crippen LogP contribution in [-0.4, -0.2) is 5.16 Å². The van der Waals surface area contributed by atoms with Crippen molar-refractivity contribution in [2.24, 2.45) is 5.41 Å². The first kappa shape index (κ1) is 13.0. The van der Waals surface area contributed by atoms with Gasteiger partial charge in [-0.25, -0.2) is 0 Å². The van der Waals surface area contributed by atoms with Crippen LogP contribution < -0.4 is 5.73 Å². The number of aromatic nitrogens is 1. The lowest BCUT2D eigenvalue weighted by Crippen LogP contribution is -2.09. The fourth-order valence-electron chi connectivity index (χ4n) is 1.87. The van der Waals surface area contributed by atoms with Crippen molar-refractivity contribution in [1.29, 1.82) is 0 Å². The summed E-state index contributed by atoms with van der Waals surface area (Å²) in [6.45, 7) is 6.45. The Morgan fingerprint density at radius 1 is 1.22 bits per heavy atom. The minimum atomic E-state index is 0.118. The molecule has 0 aliphatic heterocycles. The third kappa shape index (κ3) is 2.85. The lowest BCUT2D eigenvalue weighted by atomic mass is 9.88. The highest BCUT2D eigenvalue weighted by Gasteiger charge is 2.21. The Bertz CT molecular complexity index is 538. The average molecular weight is 265 g/mol. The SMILES string of the molecule is CC(C)(C)Cc1onc(N)c1-c1ccc(Cl)cc1. The number of anilines is 1. The standard InChI is InChI=1S/C14H17ClN2O/c1-14(2,3)8-11-12(13(16)17-18-11)9-4-6-10(15)7-5-9/h4-7H,8H2,1-3H3,(H2,16,17). The Hall–Kier alpha value is -1.48. The van der Waals surface area contributed by atoms with Crippen LogP contribution in [0.4, 0.5) is 5.82 Å². The van der Waals surface area contributed by atoms with Crippen molar-refractivity contribution >= 4 is 17.4 Å². The summed E-state index contributed by atoms with van der Waals surface area (Å²) in [5, 5.41) is 4.57. The number of nitrogen functional groups attached to an aromatic ring is 1.